The number of rotatable bonds is 2. The molecule has 0 aliphatic carbocycles. The first-order valence-electron chi connectivity index (χ1n) is 5.73. The number of fused-ring (bicyclic) bond motifs is 1. The molecule has 0 saturated heterocycles. The van der Waals surface area contributed by atoms with Crippen molar-refractivity contribution < 1.29 is 9.47 Å². The lowest BCUT2D eigenvalue weighted by Crippen LogP contribution is -2.17. The van der Waals surface area contributed by atoms with Crippen LogP contribution in [0.3, 0.4) is 0 Å². The Morgan fingerprint density at radius 1 is 1.21 bits per heavy atom. The van der Waals surface area contributed by atoms with Gasteiger partial charge in [0.05, 0.1) is 8.93 Å². The summed E-state index contributed by atoms with van der Waals surface area (Å²) in [5.41, 5.74) is 8.47. The van der Waals surface area contributed by atoms with Crippen LogP contribution in [0.5, 0.6) is 11.5 Å². The largest absolute Gasteiger partial charge is 0.486 e. The molecule has 1 aliphatic rings. The Balaban J connectivity index is 2.00. The molecule has 0 spiro atoms. The Hall–Kier alpha value is -0.310. The summed E-state index contributed by atoms with van der Waals surface area (Å²) in [5, 5.41) is 2.09. The van der Waals surface area contributed by atoms with E-state index in [9.17, 15) is 0 Å². The maximum atomic E-state index is 6.34. The first kappa shape index (κ1) is 13.7. The van der Waals surface area contributed by atoms with Gasteiger partial charge in [0, 0.05) is 4.47 Å². The fourth-order valence-corrected chi connectivity index (χ4v) is 3.96. The standard InChI is InChI=1S/C13H11BrINO2S/c14-9-5-11-10(17-1-2-18-11)4-8(9)13(16)7-3-12(15)19-6-7/h3-6,13H,1-2,16H2. The molecule has 100 valence electrons. The van der Waals surface area contributed by atoms with Crippen molar-refractivity contribution in [3.8, 4) is 11.5 Å². The molecule has 1 aromatic heterocycles. The molecule has 1 unspecified atom stereocenters. The number of ether oxygens (including phenoxy) is 2. The van der Waals surface area contributed by atoms with Crippen molar-refractivity contribution in [3.63, 3.8) is 0 Å². The molecule has 0 bridgehead atoms. The molecule has 0 radical (unpaired) electrons. The maximum Gasteiger partial charge on any atom is 0.162 e. The molecular formula is C13H11BrINO2S. The van der Waals surface area contributed by atoms with Gasteiger partial charge in [-0.2, -0.15) is 0 Å². The van der Waals surface area contributed by atoms with E-state index >= 15 is 0 Å². The Morgan fingerprint density at radius 2 is 1.89 bits per heavy atom. The van der Waals surface area contributed by atoms with E-state index in [1.807, 2.05) is 12.1 Å². The van der Waals surface area contributed by atoms with E-state index in [0.29, 0.717) is 13.2 Å². The van der Waals surface area contributed by atoms with Crippen LogP contribution in [0.4, 0.5) is 0 Å². The molecule has 0 saturated carbocycles. The van der Waals surface area contributed by atoms with Crippen molar-refractivity contribution >= 4 is 49.9 Å². The highest BCUT2D eigenvalue weighted by Gasteiger charge is 2.19. The van der Waals surface area contributed by atoms with Gasteiger partial charge in [-0.3, -0.25) is 0 Å². The van der Waals surface area contributed by atoms with Crippen molar-refractivity contribution in [1.29, 1.82) is 0 Å². The molecule has 2 aromatic rings. The summed E-state index contributed by atoms with van der Waals surface area (Å²) in [6, 6.07) is 5.85. The summed E-state index contributed by atoms with van der Waals surface area (Å²) in [6.07, 6.45) is 0. The highest BCUT2D eigenvalue weighted by molar-refractivity contribution is 14.1. The van der Waals surface area contributed by atoms with E-state index < -0.39 is 0 Å². The zero-order valence-corrected chi connectivity index (χ0v) is 14.4. The summed E-state index contributed by atoms with van der Waals surface area (Å²) in [5.74, 6) is 1.54. The lowest BCUT2D eigenvalue weighted by molar-refractivity contribution is 0.171. The summed E-state index contributed by atoms with van der Waals surface area (Å²) >= 11 is 7.57. The van der Waals surface area contributed by atoms with Crippen molar-refractivity contribution in [2.75, 3.05) is 13.2 Å². The van der Waals surface area contributed by atoms with Gasteiger partial charge in [0.2, 0.25) is 0 Å². The van der Waals surface area contributed by atoms with E-state index in [0.717, 1.165) is 27.1 Å². The third-order valence-corrected chi connectivity index (χ3v) is 5.44. The predicted molar refractivity (Wildman–Crippen MR) is 88.2 cm³/mol. The molecule has 1 aliphatic heterocycles. The summed E-state index contributed by atoms with van der Waals surface area (Å²) in [6.45, 7) is 1.17. The summed E-state index contributed by atoms with van der Waals surface area (Å²) in [4.78, 5) is 0. The lowest BCUT2D eigenvalue weighted by Gasteiger charge is -2.21. The predicted octanol–water partition coefficient (Wildman–Crippen LogP) is 3.93. The van der Waals surface area contributed by atoms with E-state index in [1.165, 1.54) is 2.88 Å². The van der Waals surface area contributed by atoms with Gasteiger partial charge in [-0.25, -0.2) is 0 Å². The van der Waals surface area contributed by atoms with Crippen LogP contribution in [0.2, 0.25) is 0 Å². The zero-order chi connectivity index (χ0) is 13.4. The topological polar surface area (TPSA) is 44.5 Å². The molecule has 0 fully saturated rings. The van der Waals surface area contributed by atoms with Crippen LogP contribution in [0.1, 0.15) is 17.2 Å². The molecule has 1 aromatic carbocycles. The number of thiophene rings is 1. The molecule has 3 rings (SSSR count). The maximum absolute atomic E-state index is 6.34. The first-order chi connectivity index (χ1) is 9.15. The second-order valence-electron chi connectivity index (χ2n) is 4.18. The van der Waals surface area contributed by atoms with Gasteiger partial charge in [-0.1, -0.05) is 15.9 Å². The first-order valence-corrected chi connectivity index (χ1v) is 8.49. The number of halogens is 2. The van der Waals surface area contributed by atoms with Crippen LogP contribution in [0.25, 0.3) is 0 Å². The second-order valence-corrected chi connectivity index (χ2v) is 7.84. The van der Waals surface area contributed by atoms with Crippen LogP contribution in [0.15, 0.2) is 28.1 Å². The number of hydrogen-bond donors (Lipinski definition) is 1. The SMILES string of the molecule is NC(c1csc(I)c1)c1cc2c(cc1Br)OCCO2. The number of nitrogens with two attached hydrogens (primary N) is 1. The fourth-order valence-electron chi connectivity index (χ4n) is 1.98. The van der Waals surface area contributed by atoms with Gasteiger partial charge < -0.3 is 15.2 Å². The van der Waals surface area contributed by atoms with Gasteiger partial charge in [-0.15, -0.1) is 11.3 Å². The van der Waals surface area contributed by atoms with Crippen LogP contribution >= 0.6 is 49.9 Å². The summed E-state index contributed by atoms with van der Waals surface area (Å²) in [7, 11) is 0. The van der Waals surface area contributed by atoms with Crippen molar-refractivity contribution in [3.05, 3.63) is 42.1 Å². The molecule has 6 heteroatoms. The molecule has 3 nitrogen and oxygen atoms in total. The van der Waals surface area contributed by atoms with E-state index in [4.69, 9.17) is 15.2 Å². The Kier molecular flexibility index (Phi) is 4.02. The third kappa shape index (κ3) is 2.76. The molecule has 2 heterocycles. The van der Waals surface area contributed by atoms with Crippen LogP contribution in [0, 0.1) is 2.88 Å². The normalized spacial score (nSPS) is 15.3. The van der Waals surface area contributed by atoms with Gasteiger partial charge >= 0.3 is 0 Å². The van der Waals surface area contributed by atoms with Gasteiger partial charge in [0.25, 0.3) is 0 Å². The fraction of sp³-hybridized carbons (Fsp3) is 0.231. The van der Waals surface area contributed by atoms with Crippen molar-refractivity contribution in [1.82, 2.24) is 0 Å². The smallest absolute Gasteiger partial charge is 0.162 e. The number of hydrogen-bond acceptors (Lipinski definition) is 4. The van der Waals surface area contributed by atoms with E-state index in [-0.39, 0.29) is 6.04 Å². The zero-order valence-electron chi connectivity index (χ0n) is 9.86. The molecule has 19 heavy (non-hydrogen) atoms. The van der Waals surface area contributed by atoms with Crippen LogP contribution in [-0.4, -0.2) is 13.2 Å². The van der Waals surface area contributed by atoms with E-state index in [1.54, 1.807) is 11.3 Å². The monoisotopic (exact) mass is 451 g/mol. The van der Waals surface area contributed by atoms with Gasteiger partial charge in [-0.05, 0) is 57.3 Å². The second kappa shape index (κ2) is 5.59. The van der Waals surface area contributed by atoms with E-state index in [2.05, 4.69) is 50.0 Å². The van der Waals surface area contributed by atoms with Gasteiger partial charge in [0.15, 0.2) is 11.5 Å². The quantitative estimate of drug-likeness (QED) is 0.703. The molecule has 0 amide bonds. The lowest BCUT2D eigenvalue weighted by atomic mass is 10.0. The van der Waals surface area contributed by atoms with Gasteiger partial charge in [0.1, 0.15) is 13.2 Å². The number of benzene rings is 1. The van der Waals surface area contributed by atoms with Crippen molar-refractivity contribution in [2.45, 2.75) is 6.04 Å². The van der Waals surface area contributed by atoms with Crippen LogP contribution in [-0.2, 0) is 0 Å². The third-order valence-electron chi connectivity index (χ3n) is 2.94. The van der Waals surface area contributed by atoms with Crippen LogP contribution < -0.4 is 15.2 Å². The molecular weight excluding hydrogens is 441 g/mol. The minimum Gasteiger partial charge on any atom is -0.486 e. The average Bonchev–Trinajstić information content (AvgIpc) is 2.84. The minimum absolute atomic E-state index is 0.162. The highest BCUT2D eigenvalue weighted by Crippen LogP contribution is 2.39. The molecule has 2 N–H and O–H groups in total. The minimum atomic E-state index is -0.162. The van der Waals surface area contributed by atoms with Crippen molar-refractivity contribution in [2.24, 2.45) is 5.73 Å². The highest BCUT2D eigenvalue weighted by atomic mass is 127. The summed E-state index contributed by atoms with van der Waals surface area (Å²) < 4.78 is 13.3. The Morgan fingerprint density at radius 3 is 2.53 bits per heavy atom. The Bertz CT molecular complexity index is 617. The molecule has 1 atom stereocenters. The average molecular weight is 452 g/mol. The Labute approximate surface area is 137 Å².